The van der Waals surface area contributed by atoms with E-state index in [1.54, 1.807) is 6.92 Å². The molecule has 4 nitrogen and oxygen atoms in total. The minimum absolute atomic E-state index is 0.0841. The largest absolute Gasteiger partial charge is 0.329 e. The van der Waals surface area contributed by atoms with E-state index in [9.17, 15) is 8.42 Å². The molecule has 0 aliphatic carbocycles. The van der Waals surface area contributed by atoms with E-state index < -0.39 is 9.84 Å². The minimum atomic E-state index is -2.89. The fourth-order valence-corrected chi connectivity index (χ4v) is 2.60. The molecule has 17 heavy (non-hydrogen) atoms. The van der Waals surface area contributed by atoms with Gasteiger partial charge in [-0.2, -0.15) is 0 Å². The van der Waals surface area contributed by atoms with Gasteiger partial charge in [0.1, 0.15) is 0 Å². The fourth-order valence-electron chi connectivity index (χ4n) is 1.81. The molecule has 1 unspecified atom stereocenters. The van der Waals surface area contributed by atoms with Gasteiger partial charge in [-0.3, -0.25) is 4.90 Å². The molecule has 0 fully saturated rings. The van der Waals surface area contributed by atoms with E-state index >= 15 is 0 Å². The van der Waals surface area contributed by atoms with Gasteiger partial charge in [-0.15, -0.1) is 0 Å². The molecule has 0 rings (SSSR count). The molecule has 0 spiro atoms. The summed E-state index contributed by atoms with van der Waals surface area (Å²) in [4.78, 5) is 2.22. The Balaban J connectivity index is 4.64. The summed E-state index contributed by atoms with van der Waals surface area (Å²) in [5.41, 5.74) is 5.75. The van der Waals surface area contributed by atoms with Crippen LogP contribution in [0.2, 0.25) is 0 Å². The van der Waals surface area contributed by atoms with Crippen LogP contribution in [-0.4, -0.2) is 50.0 Å². The maximum Gasteiger partial charge on any atom is 0.151 e. The van der Waals surface area contributed by atoms with Gasteiger partial charge < -0.3 is 5.73 Å². The third kappa shape index (κ3) is 5.36. The highest BCUT2D eigenvalue weighted by atomic mass is 32.2. The van der Waals surface area contributed by atoms with E-state index in [-0.39, 0.29) is 17.0 Å². The number of nitrogens with two attached hydrogens (primary N) is 1. The highest BCUT2D eigenvalue weighted by molar-refractivity contribution is 7.91. The predicted octanol–water partition coefficient (Wildman–Crippen LogP) is 1.26. The van der Waals surface area contributed by atoms with E-state index in [4.69, 9.17) is 5.73 Å². The molecule has 0 saturated heterocycles. The molecule has 5 heteroatoms. The van der Waals surface area contributed by atoms with Gasteiger partial charge >= 0.3 is 0 Å². The van der Waals surface area contributed by atoms with Crippen molar-refractivity contribution >= 4 is 9.84 Å². The van der Waals surface area contributed by atoms with Crippen molar-refractivity contribution in [2.24, 2.45) is 5.73 Å². The maximum absolute atomic E-state index is 11.6. The molecule has 0 aromatic rings. The number of hydrogen-bond donors (Lipinski definition) is 1. The molecule has 0 heterocycles. The van der Waals surface area contributed by atoms with Gasteiger partial charge in [0, 0.05) is 24.4 Å². The molecule has 0 saturated carbocycles. The van der Waals surface area contributed by atoms with Crippen molar-refractivity contribution in [1.82, 2.24) is 4.90 Å². The van der Waals surface area contributed by atoms with E-state index in [0.29, 0.717) is 13.1 Å². The molecule has 0 aromatic heterocycles. The first-order chi connectivity index (χ1) is 7.85. The number of rotatable bonds is 9. The van der Waals surface area contributed by atoms with Gasteiger partial charge in [0.2, 0.25) is 0 Å². The van der Waals surface area contributed by atoms with Crippen molar-refractivity contribution in [2.75, 3.05) is 31.1 Å². The lowest BCUT2D eigenvalue weighted by atomic mass is 9.96. The maximum atomic E-state index is 11.6. The first-order valence-electron chi connectivity index (χ1n) is 6.50. The molecule has 0 aliphatic rings. The Kier molecular flexibility index (Phi) is 7.28. The van der Waals surface area contributed by atoms with Gasteiger partial charge in [-0.1, -0.05) is 20.8 Å². The summed E-state index contributed by atoms with van der Waals surface area (Å²) in [7, 11) is -2.89. The minimum Gasteiger partial charge on any atom is -0.329 e. The van der Waals surface area contributed by atoms with Crippen molar-refractivity contribution in [2.45, 2.75) is 46.1 Å². The van der Waals surface area contributed by atoms with Crippen molar-refractivity contribution in [3.05, 3.63) is 0 Å². The smallest absolute Gasteiger partial charge is 0.151 e. The number of sulfone groups is 1. The summed E-state index contributed by atoms with van der Waals surface area (Å²) in [6.45, 7) is 10.1. The van der Waals surface area contributed by atoms with Crippen LogP contribution in [0.15, 0.2) is 0 Å². The Morgan fingerprint density at radius 3 is 2.12 bits per heavy atom. The lowest BCUT2D eigenvalue weighted by Gasteiger charge is -2.40. The quantitative estimate of drug-likeness (QED) is 0.681. The Hall–Kier alpha value is -0.130. The van der Waals surface area contributed by atoms with Crippen LogP contribution >= 0.6 is 0 Å². The molecular formula is C12H28N2O2S. The number of hydrogen-bond acceptors (Lipinski definition) is 4. The lowest BCUT2D eigenvalue weighted by molar-refractivity contribution is 0.113. The second-order valence-electron chi connectivity index (χ2n) is 4.78. The molecule has 0 aromatic carbocycles. The summed E-state index contributed by atoms with van der Waals surface area (Å²) in [6, 6.07) is 0. The van der Waals surface area contributed by atoms with Gasteiger partial charge in [0.25, 0.3) is 0 Å². The van der Waals surface area contributed by atoms with Crippen LogP contribution < -0.4 is 5.73 Å². The Labute approximate surface area is 106 Å². The van der Waals surface area contributed by atoms with Crippen LogP contribution in [0.4, 0.5) is 0 Å². The van der Waals surface area contributed by atoms with E-state index in [0.717, 1.165) is 19.4 Å². The Morgan fingerprint density at radius 2 is 1.76 bits per heavy atom. The highest BCUT2D eigenvalue weighted by Crippen LogP contribution is 2.18. The van der Waals surface area contributed by atoms with Gasteiger partial charge in [-0.25, -0.2) is 8.42 Å². The van der Waals surface area contributed by atoms with Crippen molar-refractivity contribution in [1.29, 1.82) is 0 Å². The third-order valence-electron chi connectivity index (χ3n) is 3.57. The molecule has 0 radical (unpaired) electrons. The second-order valence-corrected chi connectivity index (χ2v) is 7.25. The van der Waals surface area contributed by atoms with Crippen LogP contribution in [0.25, 0.3) is 0 Å². The normalized spacial score (nSPS) is 16.1. The van der Waals surface area contributed by atoms with Crippen molar-refractivity contribution < 1.29 is 8.42 Å². The standard InChI is InChI=1S/C12H28N2O2S/c1-5-8-14(12(4,6-2)11-13)9-10-17(15,16)7-3/h5-11,13H2,1-4H3. The van der Waals surface area contributed by atoms with Crippen LogP contribution in [0.3, 0.4) is 0 Å². The SMILES string of the molecule is CCCN(CCS(=O)(=O)CC)C(C)(CC)CN. The topological polar surface area (TPSA) is 63.4 Å². The van der Waals surface area contributed by atoms with Gasteiger partial charge in [-0.05, 0) is 26.3 Å². The molecule has 0 aliphatic heterocycles. The third-order valence-corrected chi connectivity index (χ3v) is 5.25. The molecule has 0 bridgehead atoms. The summed E-state index contributed by atoms with van der Waals surface area (Å²) in [5.74, 6) is 0.456. The number of nitrogens with zero attached hydrogens (tertiary/aromatic N) is 1. The fraction of sp³-hybridized carbons (Fsp3) is 1.00. The average Bonchev–Trinajstić information content (AvgIpc) is 2.33. The molecule has 1 atom stereocenters. The van der Waals surface area contributed by atoms with E-state index in [2.05, 4.69) is 25.7 Å². The summed E-state index contributed by atoms with van der Waals surface area (Å²) >= 11 is 0. The first-order valence-corrected chi connectivity index (χ1v) is 8.32. The van der Waals surface area contributed by atoms with Crippen LogP contribution in [0.1, 0.15) is 40.5 Å². The van der Waals surface area contributed by atoms with Crippen LogP contribution in [0.5, 0.6) is 0 Å². The summed E-state index contributed by atoms with van der Waals surface area (Å²) < 4.78 is 23.1. The summed E-state index contributed by atoms with van der Waals surface area (Å²) in [6.07, 6.45) is 1.96. The molecule has 2 N–H and O–H groups in total. The highest BCUT2D eigenvalue weighted by Gasteiger charge is 2.28. The second kappa shape index (κ2) is 7.34. The average molecular weight is 264 g/mol. The van der Waals surface area contributed by atoms with Gasteiger partial charge in [0.15, 0.2) is 9.84 Å². The Bertz CT molecular complexity index is 298. The predicted molar refractivity (Wildman–Crippen MR) is 73.9 cm³/mol. The zero-order chi connectivity index (χ0) is 13.5. The zero-order valence-corrected chi connectivity index (χ0v) is 12.5. The molecular weight excluding hydrogens is 236 g/mol. The molecule has 0 amide bonds. The molecule has 104 valence electrons. The van der Waals surface area contributed by atoms with Gasteiger partial charge in [0.05, 0.1) is 5.75 Å². The van der Waals surface area contributed by atoms with Crippen molar-refractivity contribution in [3.63, 3.8) is 0 Å². The van der Waals surface area contributed by atoms with E-state index in [1.807, 2.05) is 0 Å². The Morgan fingerprint density at radius 1 is 1.18 bits per heavy atom. The van der Waals surface area contributed by atoms with Crippen molar-refractivity contribution in [3.8, 4) is 0 Å². The zero-order valence-electron chi connectivity index (χ0n) is 11.7. The van der Waals surface area contributed by atoms with Crippen LogP contribution in [0, 0.1) is 0 Å². The monoisotopic (exact) mass is 264 g/mol. The lowest BCUT2D eigenvalue weighted by Crippen LogP contribution is -2.53. The first kappa shape index (κ1) is 16.9. The van der Waals surface area contributed by atoms with E-state index in [1.165, 1.54) is 0 Å². The summed E-state index contributed by atoms with van der Waals surface area (Å²) in [5, 5.41) is 0. The van der Waals surface area contributed by atoms with Crippen LogP contribution in [-0.2, 0) is 9.84 Å².